The number of hydrogen-bond acceptors (Lipinski definition) is 4. The number of para-hydroxylation sites is 4. The van der Waals surface area contributed by atoms with E-state index in [9.17, 15) is 9.59 Å². The molecule has 4 rings (SSSR count). The molecule has 2 amide bonds. The highest BCUT2D eigenvalue weighted by molar-refractivity contribution is 6.45. The van der Waals surface area contributed by atoms with E-state index in [0.717, 1.165) is 22.7 Å². The third-order valence-corrected chi connectivity index (χ3v) is 4.36. The van der Waals surface area contributed by atoms with E-state index < -0.39 is 11.8 Å². The zero-order valence-corrected chi connectivity index (χ0v) is 13.2. The zero-order valence-electron chi connectivity index (χ0n) is 13.2. The van der Waals surface area contributed by atoms with Gasteiger partial charge in [-0.2, -0.15) is 0 Å². The monoisotopic (exact) mass is 322 g/mol. The maximum absolute atomic E-state index is 12.9. The van der Waals surface area contributed by atoms with Crippen LogP contribution in [0.15, 0.2) is 48.5 Å². The van der Waals surface area contributed by atoms with E-state index in [0.29, 0.717) is 26.2 Å². The molecule has 0 saturated heterocycles. The lowest BCUT2D eigenvalue weighted by Crippen LogP contribution is -2.50. The van der Waals surface area contributed by atoms with Gasteiger partial charge in [0.2, 0.25) is 0 Å². The molecular formula is C18H18N4O2. The van der Waals surface area contributed by atoms with Gasteiger partial charge in [0.15, 0.2) is 0 Å². The van der Waals surface area contributed by atoms with E-state index in [4.69, 9.17) is 0 Å². The summed E-state index contributed by atoms with van der Waals surface area (Å²) < 4.78 is 0. The second kappa shape index (κ2) is 5.88. The number of nitrogens with one attached hydrogen (secondary N) is 2. The fraction of sp³-hybridized carbons (Fsp3) is 0.222. The first kappa shape index (κ1) is 14.6. The molecule has 0 aliphatic carbocycles. The van der Waals surface area contributed by atoms with E-state index in [1.807, 2.05) is 48.5 Å². The molecule has 0 saturated carbocycles. The third kappa shape index (κ3) is 2.36. The van der Waals surface area contributed by atoms with Gasteiger partial charge in [-0.3, -0.25) is 9.59 Å². The Kier molecular flexibility index (Phi) is 3.57. The van der Waals surface area contributed by atoms with E-state index >= 15 is 0 Å². The van der Waals surface area contributed by atoms with Crippen LogP contribution in [0.3, 0.4) is 0 Å². The van der Waals surface area contributed by atoms with Crippen molar-refractivity contribution in [2.75, 3.05) is 46.6 Å². The molecule has 0 aromatic heterocycles. The van der Waals surface area contributed by atoms with Gasteiger partial charge in [-0.25, -0.2) is 0 Å². The molecule has 2 aromatic carbocycles. The molecule has 2 N–H and O–H groups in total. The quantitative estimate of drug-likeness (QED) is 0.727. The van der Waals surface area contributed by atoms with E-state index in [1.54, 1.807) is 9.80 Å². The van der Waals surface area contributed by atoms with Crippen LogP contribution in [0.4, 0.5) is 22.7 Å². The van der Waals surface area contributed by atoms with Crippen molar-refractivity contribution in [3.8, 4) is 0 Å². The highest BCUT2D eigenvalue weighted by atomic mass is 16.2. The predicted molar refractivity (Wildman–Crippen MR) is 94.6 cm³/mol. The molecular weight excluding hydrogens is 304 g/mol. The number of rotatable bonds is 0. The predicted octanol–water partition coefficient (Wildman–Crippen LogP) is 1.90. The lowest BCUT2D eigenvalue weighted by atomic mass is 10.1. The molecule has 0 radical (unpaired) electrons. The Balaban J connectivity index is 1.64. The number of fused-ring (bicyclic) bond motifs is 2. The molecule has 2 aliphatic heterocycles. The van der Waals surface area contributed by atoms with Crippen LogP contribution >= 0.6 is 0 Å². The van der Waals surface area contributed by atoms with Crippen LogP contribution in [0.1, 0.15) is 0 Å². The molecule has 6 heteroatoms. The lowest BCUT2D eigenvalue weighted by molar-refractivity contribution is -0.136. The number of carbonyl (C=O) groups is 2. The van der Waals surface area contributed by atoms with Crippen molar-refractivity contribution in [3.05, 3.63) is 48.5 Å². The molecule has 0 fully saturated rings. The first-order valence-corrected chi connectivity index (χ1v) is 8.05. The summed E-state index contributed by atoms with van der Waals surface area (Å²) in [5.41, 5.74) is 3.27. The van der Waals surface area contributed by atoms with Crippen molar-refractivity contribution >= 4 is 34.6 Å². The molecule has 2 aliphatic rings. The van der Waals surface area contributed by atoms with Gasteiger partial charge in [-0.15, -0.1) is 0 Å². The average Bonchev–Trinajstić information content (AvgIpc) is 2.66. The maximum atomic E-state index is 12.9. The van der Waals surface area contributed by atoms with Gasteiger partial charge in [0.1, 0.15) is 0 Å². The van der Waals surface area contributed by atoms with E-state index in [1.165, 1.54) is 0 Å². The van der Waals surface area contributed by atoms with Crippen LogP contribution in [0, 0.1) is 0 Å². The van der Waals surface area contributed by atoms with Crippen molar-refractivity contribution in [1.29, 1.82) is 0 Å². The van der Waals surface area contributed by atoms with Crippen molar-refractivity contribution in [2.24, 2.45) is 0 Å². The number of benzene rings is 2. The summed E-state index contributed by atoms with van der Waals surface area (Å²) in [5.74, 6) is -0.971. The molecule has 2 heterocycles. The molecule has 2 aromatic rings. The molecule has 0 atom stereocenters. The van der Waals surface area contributed by atoms with E-state index in [2.05, 4.69) is 10.6 Å². The SMILES string of the molecule is O=C(C(=O)N1CCNc2ccccc21)N1CCNc2ccccc21. The largest absolute Gasteiger partial charge is 0.382 e. The summed E-state index contributed by atoms with van der Waals surface area (Å²) in [5, 5.41) is 6.51. The second-order valence-corrected chi connectivity index (χ2v) is 5.80. The summed E-state index contributed by atoms with van der Waals surface area (Å²) in [4.78, 5) is 28.8. The van der Waals surface area contributed by atoms with Crippen LogP contribution in [0.2, 0.25) is 0 Å². The van der Waals surface area contributed by atoms with Crippen LogP contribution in [0.25, 0.3) is 0 Å². The second-order valence-electron chi connectivity index (χ2n) is 5.80. The summed E-state index contributed by atoms with van der Waals surface area (Å²) in [7, 11) is 0. The topological polar surface area (TPSA) is 64.7 Å². The normalized spacial score (nSPS) is 15.7. The van der Waals surface area contributed by atoms with Crippen LogP contribution in [-0.4, -0.2) is 38.0 Å². The summed E-state index contributed by atoms with van der Waals surface area (Å²) in [6, 6.07) is 15.1. The van der Waals surface area contributed by atoms with E-state index in [-0.39, 0.29) is 0 Å². The fourth-order valence-electron chi connectivity index (χ4n) is 3.22. The Labute approximate surface area is 140 Å². The number of anilines is 4. The molecule has 6 nitrogen and oxygen atoms in total. The Hall–Kier alpha value is -3.02. The Morgan fingerprint density at radius 3 is 1.58 bits per heavy atom. The molecule has 24 heavy (non-hydrogen) atoms. The first-order chi connectivity index (χ1) is 11.8. The summed E-state index contributed by atoms with van der Waals surface area (Å²) in [6.07, 6.45) is 0. The van der Waals surface area contributed by atoms with Gasteiger partial charge >= 0.3 is 11.8 Å². The third-order valence-electron chi connectivity index (χ3n) is 4.36. The molecule has 0 spiro atoms. The van der Waals surface area contributed by atoms with Crippen LogP contribution in [-0.2, 0) is 9.59 Å². The van der Waals surface area contributed by atoms with Crippen molar-refractivity contribution < 1.29 is 9.59 Å². The van der Waals surface area contributed by atoms with Crippen molar-refractivity contribution in [3.63, 3.8) is 0 Å². The Morgan fingerprint density at radius 2 is 1.12 bits per heavy atom. The standard InChI is InChI=1S/C18H18N4O2/c23-17(21-11-9-19-13-5-1-3-7-15(13)21)18(24)22-12-10-20-14-6-2-4-8-16(14)22/h1-8,19-20H,9-12H2. The highest BCUT2D eigenvalue weighted by Gasteiger charge is 2.33. The van der Waals surface area contributed by atoms with Crippen molar-refractivity contribution in [2.45, 2.75) is 0 Å². The lowest BCUT2D eigenvalue weighted by Gasteiger charge is -2.34. The number of hydrogen-bond donors (Lipinski definition) is 2. The van der Waals surface area contributed by atoms with Gasteiger partial charge in [0.05, 0.1) is 22.7 Å². The highest BCUT2D eigenvalue weighted by Crippen LogP contribution is 2.31. The number of carbonyl (C=O) groups excluding carboxylic acids is 2. The number of amides is 2. The van der Waals surface area contributed by atoms with Crippen molar-refractivity contribution in [1.82, 2.24) is 0 Å². The van der Waals surface area contributed by atoms with Crippen LogP contribution in [0.5, 0.6) is 0 Å². The van der Waals surface area contributed by atoms with Crippen LogP contribution < -0.4 is 20.4 Å². The number of nitrogens with zero attached hydrogens (tertiary/aromatic N) is 2. The van der Waals surface area contributed by atoms with Gasteiger partial charge in [0.25, 0.3) is 0 Å². The minimum absolute atomic E-state index is 0.481. The molecule has 0 bridgehead atoms. The first-order valence-electron chi connectivity index (χ1n) is 8.05. The minimum atomic E-state index is -0.486. The smallest absolute Gasteiger partial charge is 0.317 e. The fourth-order valence-corrected chi connectivity index (χ4v) is 3.22. The Morgan fingerprint density at radius 1 is 0.708 bits per heavy atom. The molecule has 122 valence electrons. The summed E-state index contributed by atoms with van der Waals surface area (Å²) >= 11 is 0. The zero-order chi connectivity index (χ0) is 16.5. The van der Waals surface area contributed by atoms with Gasteiger partial charge < -0.3 is 20.4 Å². The summed E-state index contributed by atoms with van der Waals surface area (Å²) in [6.45, 7) is 2.23. The Bertz CT molecular complexity index is 738. The van der Waals surface area contributed by atoms with Gasteiger partial charge in [0, 0.05) is 26.2 Å². The van der Waals surface area contributed by atoms with Gasteiger partial charge in [-0.1, -0.05) is 24.3 Å². The molecule has 0 unspecified atom stereocenters. The van der Waals surface area contributed by atoms with Gasteiger partial charge in [-0.05, 0) is 24.3 Å². The average molecular weight is 322 g/mol. The maximum Gasteiger partial charge on any atom is 0.317 e. The minimum Gasteiger partial charge on any atom is -0.382 e.